The van der Waals surface area contributed by atoms with Crippen LogP contribution in [0.2, 0.25) is 0 Å². The van der Waals surface area contributed by atoms with E-state index in [1.165, 1.54) is 23.0 Å². The molecule has 1 aliphatic heterocycles. The first kappa shape index (κ1) is 25.6. The number of aliphatic imine (C=N–C) groups is 1. The Balaban J connectivity index is 1.40. The Morgan fingerprint density at radius 3 is 2.79 bits per heavy atom. The number of hydrogen-bond donors (Lipinski definition) is 0. The molecule has 194 valence electrons. The first-order chi connectivity index (χ1) is 18.4. The molecule has 0 saturated heterocycles. The molecule has 0 N–H and O–H groups in total. The summed E-state index contributed by atoms with van der Waals surface area (Å²) in [5.74, 6) is 0.623. The van der Waals surface area contributed by atoms with Crippen molar-refractivity contribution in [3.63, 3.8) is 0 Å². The summed E-state index contributed by atoms with van der Waals surface area (Å²) in [5, 5.41) is 11.9. The molecule has 3 heterocycles. The van der Waals surface area contributed by atoms with Crippen LogP contribution < -0.4 is 0 Å². The van der Waals surface area contributed by atoms with E-state index in [2.05, 4.69) is 22.0 Å². The number of esters is 1. The van der Waals surface area contributed by atoms with Crippen LogP contribution in [0.5, 0.6) is 0 Å². The van der Waals surface area contributed by atoms with E-state index in [-0.39, 0.29) is 18.3 Å². The normalized spacial score (nSPS) is 13.5. The zero-order valence-electron chi connectivity index (χ0n) is 21.2. The van der Waals surface area contributed by atoms with Gasteiger partial charge in [-0.1, -0.05) is 42.5 Å². The smallest absolute Gasteiger partial charge is 0.341 e. The highest BCUT2D eigenvalue weighted by molar-refractivity contribution is 7.16. The molecule has 0 spiro atoms. The maximum Gasteiger partial charge on any atom is 0.341 e. The summed E-state index contributed by atoms with van der Waals surface area (Å²) in [4.78, 5) is 31.9. The molecule has 38 heavy (non-hydrogen) atoms. The van der Waals surface area contributed by atoms with Crippen LogP contribution in [0.25, 0.3) is 11.3 Å². The number of nitrogens with zero attached hydrogens (tertiary/aromatic N) is 3. The third-order valence-corrected chi connectivity index (χ3v) is 7.60. The van der Waals surface area contributed by atoms with Gasteiger partial charge in [-0.2, -0.15) is 0 Å². The second-order valence-corrected chi connectivity index (χ2v) is 10.2. The van der Waals surface area contributed by atoms with Crippen LogP contribution in [-0.2, 0) is 24.2 Å². The van der Waals surface area contributed by atoms with Crippen molar-refractivity contribution in [3.8, 4) is 11.3 Å². The summed E-state index contributed by atoms with van der Waals surface area (Å²) < 4.78 is 11.3. The Labute approximate surface area is 224 Å². The molecule has 8 nitrogen and oxygen atoms in total. The van der Waals surface area contributed by atoms with Gasteiger partial charge in [0.1, 0.15) is 16.5 Å². The number of aryl methyl sites for hydroxylation is 1. The van der Waals surface area contributed by atoms with Crippen molar-refractivity contribution in [3.05, 3.63) is 104 Å². The number of carbonyl (C=O) groups excluding carboxylic acids is 1. The predicted octanol–water partition coefficient (Wildman–Crippen LogP) is 6.71. The predicted molar refractivity (Wildman–Crippen MR) is 147 cm³/mol. The molecule has 1 aliphatic rings. The second kappa shape index (κ2) is 11.1. The van der Waals surface area contributed by atoms with Crippen molar-refractivity contribution in [1.82, 2.24) is 4.90 Å². The highest BCUT2D eigenvalue weighted by atomic mass is 32.1. The molecule has 2 aromatic heterocycles. The van der Waals surface area contributed by atoms with E-state index in [9.17, 15) is 14.9 Å². The highest BCUT2D eigenvalue weighted by Gasteiger charge is 2.28. The number of thiophene rings is 1. The summed E-state index contributed by atoms with van der Waals surface area (Å²) in [6, 6.07) is 18.8. The fourth-order valence-electron chi connectivity index (χ4n) is 4.58. The number of furan rings is 1. The zero-order chi connectivity index (χ0) is 26.6. The lowest BCUT2D eigenvalue weighted by Crippen LogP contribution is -2.29. The molecule has 0 fully saturated rings. The van der Waals surface area contributed by atoms with Gasteiger partial charge in [0, 0.05) is 41.7 Å². The van der Waals surface area contributed by atoms with Gasteiger partial charge in [0.15, 0.2) is 0 Å². The van der Waals surface area contributed by atoms with Gasteiger partial charge in [0.25, 0.3) is 5.69 Å². The number of hydrogen-bond acceptors (Lipinski definition) is 8. The maximum absolute atomic E-state index is 12.9. The standard InChI is InChI=1S/C29H27N3O5S/c1-3-36-29(33)27-23-13-14-31(17-20-7-5-4-6-8-20)18-26(23)38-28(27)30-16-22-11-12-25(37-22)21-10-9-19(2)24(15-21)32(34)35/h4-12,15-16H,3,13-14,17-18H2,1-2H3. The quantitative estimate of drug-likeness (QED) is 0.109. The van der Waals surface area contributed by atoms with Gasteiger partial charge in [-0.3, -0.25) is 15.0 Å². The van der Waals surface area contributed by atoms with Crippen LogP contribution in [0.15, 0.2) is 70.1 Å². The number of rotatable bonds is 8. The van der Waals surface area contributed by atoms with Crippen LogP contribution in [-0.4, -0.2) is 35.2 Å². The number of fused-ring (bicyclic) bond motifs is 1. The molecule has 5 rings (SSSR count). The van der Waals surface area contributed by atoms with E-state index >= 15 is 0 Å². The molecule has 9 heteroatoms. The van der Waals surface area contributed by atoms with Gasteiger partial charge in [-0.15, -0.1) is 11.3 Å². The SMILES string of the molecule is CCOC(=O)c1c(N=Cc2ccc(-c3ccc(C)c([N+](=O)[O-])c3)o2)sc2c1CCN(Cc1ccccc1)C2. The van der Waals surface area contributed by atoms with Crippen LogP contribution in [0.1, 0.15) is 44.6 Å². The summed E-state index contributed by atoms with van der Waals surface area (Å²) in [6.07, 6.45) is 2.33. The fourth-order valence-corrected chi connectivity index (χ4v) is 5.80. The third-order valence-electron chi connectivity index (χ3n) is 6.47. The van der Waals surface area contributed by atoms with Gasteiger partial charge < -0.3 is 9.15 Å². The molecule has 4 aromatic rings. The molecule has 0 unspecified atom stereocenters. The van der Waals surface area contributed by atoms with Crippen molar-refractivity contribution in [2.75, 3.05) is 13.2 Å². The Morgan fingerprint density at radius 1 is 1.21 bits per heavy atom. The van der Waals surface area contributed by atoms with Gasteiger partial charge in [0.05, 0.1) is 23.3 Å². The Morgan fingerprint density at radius 2 is 2.03 bits per heavy atom. The average Bonchev–Trinajstić information content (AvgIpc) is 3.52. The molecule has 0 atom stereocenters. The van der Waals surface area contributed by atoms with Crippen molar-refractivity contribution < 1.29 is 18.9 Å². The number of nitro groups is 1. The van der Waals surface area contributed by atoms with Crippen molar-refractivity contribution in [2.24, 2.45) is 4.99 Å². The zero-order valence-corrected chi connectivity index (χ0v) is 22.0. The largest absolute Gasteiger partial charge is 0.462 e. The van der Waals surface area contributed by atoms with E-state index in [4.69, 9.17) is 9.15 Å². The van der Waals surface area contributed by atoms with Crippen molar-refractivity contribution in [2.45, 2.75) is 33.4 Å². The van der Waals surface area contributed by atoms with Crippen LogP contribution in [0.4, 0.5) is 10.7 Å². The molecule has 2 aromatic carbocycles. The van der Waals surface area contributed by atoms with E-state index in [1.54, 1.807) is 44.3 Å². The maximum atomic E-state index is 12.9. The molecule has 0 amide bonds. The highest BCUT2D eigenvalue weighted by Crippen LogP contribution is 2.40. The van der Waals surface area contributed by atoms with Crippen molar-refractivity contribution in [1.29, 1.82) is 0 Å². The summed E-state index contributed by atoms with van der Waals surface area (Å²) in [5.41, 5.74) is 4.03. The van der Waals surface area contributed by atoms with E-state index in [0.29, 0.717) is 33.2 Å². The number of nitro benzene ring substituents is 1. The molecular formula is C29H27N3O5S. The number of carbonyl (C=O) groups is 1. The minimum Gasteiger partial charge on any atom is -0.462 e. The minimum absolute atomic E-state index is 0.0404. The summed E-state index contributed by atoms with van der Waals surface area (Å²) in [6.45, 7) is 6.22. The summed E-state index contributed by atoms with van der Waals surface area (Å²) >= 11 is 1.50. The van der Waals surface area contributed by atoms with E-state index in [0.717, 1.165) is 36.5 Å². The second-order valence-electron chi connectivity index (χ2n) is 9.07. The van der Waals surface area contributed by atoms with Gasteiger partial charge in [0.2, 0.25) is 0 Å². The number of benzene rings is 2. The number of ether oxygens (including phenoxy) is 1. The fraction of sp³-hybridized carbons (Fsp3) is 0.241. The van der Waals surface area contributed by atoms with Crippen LogP contribution in [0.3, 0.4) is 0 Å². The van der Waals surface area contributed by atoms with Gasteiger partial charge in [-0.25, -0.2) is 9.79 Å². The molecular weight excluding hydrogens is 502 g/mol. The topological polar surface area (TPSA) is 98.2 Å². The lowest BCUT2D eigenvalue weighted by atomic mass is 10.0. The Hall–Kier alpha value is -4.08. The molecule has 0 bridgehead atoms. The van der Waals surface area contributed by atoms with Gasteiger partial charge in [-0.05, 0) is 43.5 Å². The first-order valence-corrected chi connectivity index (χ1v) is 13.2. The molecule has 0 radical (unpaired) electrons. The average molecular weight is 530 g/mol. The minimum atomic E-state index is -0.402. The Bertz CT molecular complexity index is 1510. The third kappa shape index (κ3) is 5.44. The lowest BCUT2D eigenvalue weighted by molar-refractivity contribution is -0.385. The lowest BCUT2D eigenvalue weighted by Gasteiger charge is -2.27. The monoisotopic (exact) mass is 529 g/mol. The van der Waals surface area contributed by atoms with E-state index < -0.39 is 4.92 Å². The van der Waals surface area contributed by atoms with Gasteiger partial charge >= 0.3 is 5.97 Å². The molecule has 0 aliphatic carbocycles. The first-order valence-electron chi connectivity index (χ1n) is 12.4. The van der Waals surface area contributed by atoms with Crippen LogP contribution >= 0.6 is 11.3 Å². The van der Waals surface area contributed by atoms with Crippen LogP contribution in [0, 0.1) is 17.0 Å². The molecule has 0 saturated carbocycles. The summed E-state index contributed by atoms with van der Waals surface area (Å²) in [7, 11) is 0. The van der Waals surface area contributed by atoms with E-state index in [1.807, 2.05) is 18.2 Å². The Kier molecular flexibility index (Phi) is 7.48. The van der Waals surface area contributed by atoms with Crippen molar-refractivity contribution >= 4 is 34.2 Å².